The maximum atomic E-state index is 10.5. The molecule has 0 saturated heterocycles. The van der Waals surface area contributed by atoms with Gasteiger partial charge in [0.1, 0.15) is 0 Å². The first kappa shape index (κ1) is 9.45. The lowest BCUT2D eigenvalue weighted by Crippen LogP contribution is -2.01. The molecule has 0 radical (unpaired) electrons. The first-order valence-corrected chi connectivity index (χ1v) is 4.07. The van der Waals surface area contributed by atoms with Crippen LogP contribution in [0.5, 0.6) is 0 Å². The zero-order valence-electron chi connectivity index (χ0n) is 7.43. The van der Waals surface area contributed by atoms with Gasteiger partial charge in [-0.1, -0.05) is 30.3 Å². The maximum Gasteiger partial charge on any atom is 0.246 e. The number of nitrogens with zero attached hydrogens (tertiary/aromatic N) is 1. The van der Waals surface area contributed by atoms with Gasteiger partial charge in [0, 0.05) is 0 Å². The van der Waals surface area contributed by atoms with Gasteiger partial charge >= 0.3 is 0 Å². The molecule has 68 valence electrons. The van der Waals surface area contributed by atoms with Crippen molar-refractivity contribution in [2.75, 3.05) is 0 Å². The summed E-state index contributed by atoms with van der Waals surface area (Å²) in [6.45, 7) is 1.68. The van der Waals surface area contributed by atoms with Crippen molar-refractivity contribution in [3.63, 3.8) is 0 Å². The highest BCUT2D eigenvalue weighted by Gasteiger charge is 2.08. The van der Waals surface area contributed by atoms with Gasteiger partial charge in [0.2, 0.25) is 5.70 Å². The summed E-state index contributed by atoms with van der Waals surface area (Å²) in [6.07, 6.45) is 1.93. The molecule has 0 atom stereocenters. The third-order valence-corrected chi connectivity index (χ3v) is 1.80. The number of rotatable bonds is 3. The van der Waals surface area contributed by atoms with Crippen molar-refractivity contribution < 1.29 is 4.92 Å². The van der Waals surface area contributed by atoms with Gasteiger partial charge in [-0.2, -0.15) is 0 Å². The van der Waals surface area contributed by atoms with Gasteiger partial charge in [0.15, 0.2) is 0 Å². The molecule has 0 aliphatic carbocycles. The molecule has 0 saturated carbocycles. The van der Waals surface area contributed by atoms with E-state index in [1.54, 1.807) is 6.92 Å². The van der Waals surface area contributed by atoms with Crippen LogP contribution in [0.3, 0.4) is 0 Å². The van der Waals surface area contributed by atoms with Crippen molar-refractivity contribution in [1.29, 1.82) is 0 Å². The highest BCUT2D eigenvalue weighted by molar-refractivity contribution is 5.19. The Labute approximate surface area is 76.9 Å². The Morgan fingerprint density at radius 3 is 2.54 bits per heavy atom. The first-order valence-electron chi connectivity index (χ1n) is 4.07. The van der Waals surface area contributed by atoms with Crippen LogP contribution in [0.4, 0.5) is 0 Å². The van der Waals surface area contributed by atoms with Crippen LogP contribution in [0.25, 0.3) is 0 Å². The molecule has 0 unspecified atom stereocenters. The molecule has 0 fully saturated rings. The Balaban J connectivity index is 2.74. The van der Waals surface area contributed by atoms with Crippen LogP contribution >= 0.6 is 0 Å². The molecule has 0 spiro atoms. The third kappa shape index (κ3) is 2.71. The second-order valence-electron chi connectivity index (χ2n) is 2.70. The van der Waals surface area contributed by atoms with Crippen LogP contribution in [-0.2, 0) is 6.42 Å². The van der Waals surface area contributed by atoms with E-state index in [9.17, 15) is 10.1 Å². The van der Waals surface area contributed by atoms with Gasteiger partial charge in [-0.15, -0.1) is 0 Å². The molecule has 0 heterocycles. The van der Waals surface area contributed by atoms with Crippen LogP contribution in [0, 0.1) is 10.1 Å². The molecule has 3 heteroatoms. The SMILES string of the molecule is C/C=C(/Cc1ccccc1)[N+](=O)[O-]. The molecule has 0 N–H and O–H groups in total. The smallest absolute Gasteiger partial charge is 0.246 e. The fourth-order valence-corrected chi connectivity index (χ4v) is 1.08. The highest BCUT2D eigenvalue weighted by atomic mass is 16.6. The summed E-state index contributed by atoms with van der Waals surface area (Å²) in [4.78, 5) is 10.1. The van der Waals surface area contributed by atoms with E-state index in [-0.39, 0.29) is 10.6 Å². The van der Waals surface area contributed by atoms with Gasteiger partial charge in [-0.3, -0.25) is 10.1 Å². The Kier molecular flexibility index (Phi) is 3.20. The summed E-state index contributed by atoms with van der Waals surface area (Å²) in [5, 5.41) is 10.5. The first-order chi connectivity index (χ1) is 6.24. The standard InChI is InChI=1S/C10H11NO2/c1-2-10(11(12)13)8-9-6-4-3-5-7-9/h2-7H,8H2,1H3/b10-2-. The van der Waals surface area contributed by atoms with Gasteiger partial charge in [0.05, 0.1) is 11.3 Å². The number of benzene rings is 1. The molecular weight excluding hydrogens is 166 g/mol. The molecule has 13 heavy (non-hydrogen) atoms. The van der Waals surface area contributed by atoms with Crippen molar-refractivity contribution in [1.82, 2.24) is 0 Å². The van der Waals surface area contributed by atoms with E-state index in [1.807, 2.05) is 30.3 Å². The van der Waals surface area contributed by atoms with Crippen molar-refractivity contribution in [3.05, 3.63) is 57.8 Å². The Hall–Kier alpha value is -1.64. The average Bonchev–Trinajstić information content (AvgIpc) is 2.15. The second kappa shape index (κ2) is 4.40. The molecule has 3 nitrogen and oxygen atoms in total. The second-order valence-corrected chi connectivity index (χ2v) is 2.70. The predicted molar refractivity (Wildman–Crippen MR) is 50.9 cm³/mol. The fraction of sp³-hybridized carbons (Fsp3) is 0.200. The van der Waals surface area contributed by atoms with Crippen molar-refractivity contribution >= 4 is 0 Å². The minimum atomic E-state index is -0.340. The van der Waals surface area contributed by atoms with Gasteiger partial charge in [0.25, 0.3) is 0 Å². The maximum absolute atomic E-state index is 10.5. The Morgan fingerprint density at radius 2 is 2.08 bits per heavy atom. The minimum Gasteiger partial charge on any atom is -0.259 e. The van der Waals surface area contributed by atoms with E-state index in [0.717, 1.165) is 5.56 Å². The molecule has 0 aromatic heterocycles. The summed E-state index contributed by atoms with van der Waals surface area (Å²) in [7, 11) is 0. The number of hydrogen-bond donors (Lipinski definition) is 0. The lowest BCUT2D eigenvalue weighted by Gasteiger charge is -1.97. The van der Waals surface area contributed by atoms with Crippen molar-refractivity contribution in [2.45, 2.75) is 13.3 Å². The monoisotopic (exact) mass is 177 g/mol. The topological polar surface area (TPSA) is 43.1 Å². The van der Waals surface area contributed by atoms with Crippen LogP contribution in [0.15, 0.2) is 42.1 Å². The van der Waals surface area contributed by atoms with Crippen LogP contribution in [0.1, 0.15) is 12.5 Å². The normalized spacial score (nSPS) is 11.3. The van der Waals surface area contributed by atoms with E-state index in [4.69, 9.17) is 0 Å². The van der Waals surface area contributed by atoms with E-state index in [0.29, 0.717) is 6.42 Å². The van der Waals surface area contributed by atoms with Crippen LogP contribution in [-0.4, -0.2) is 4.92 Å². The molecule has 0 aliphatic rings. The van der Waals surface area contributed by atoms with Gasteiger partial charge in [-0.25, -0.2) is 0 Å². The van der Waals surface area contributed by atoms with E-state index in [2.05, 4.69) is 0 Å². The number of hydrogen-bond acceptors (Lipinski definition) is 2. The summed E-state index contributed by atoms with van der Waals surface area (Å²) >= 11 is 0. The summed E-state index contributed by atoms with van der Waals surface area (Å²) in [5.41, 5.74) is 1.21. The van der Waals surface area contributed by atoms with E-state index >= 15 is 0 Å². The number of nitro groups is 1. The molecule has 1 rings (SSSR count). The van der Waals surface area contributed by atoms with Crippen molar-refractivity contribution in [3.8, 4) is 0 Å². The lowest BCUT2D eigenvalue weighted by atomic mass is 10.1. The van der Waals surface area contributed by atoms with Crippen LogP contribution in [0.2, 0.25) is 0 Å². The van der Waals surface area contributed by atoms with Crippen molar-refractivity contribution in [2.24, 2.45) is 0 Å². The molecular formula is C10H11NO2. The highest BCUT2D eigenvalue weighted by Crippen LogP contribution is 2.07. The largest absolute Gasteiger partial charge is 0.259 e. The summed E-state index contributed by atoms with van der Waals surface area (Å²) < 4.78 is 0. The average molecular weight is 177 g/mol. The van der Waals surface area contributed by atoms with Gasteiger partial charge in [-0.05, 0) is 18.6 Å². The Bertz CT molecular complexity index is 317. The molecule has 0 aliphatic heterocycles. The Morgan fingerprint density at radius 1 is 1.46 bits per heavy atom. The number of allylic oxidation sites excluding steroid dienone is 2. The lowest BCUT2D eigenvalue weighted by molar-refractivity contribution is -0.427. The quantitative estimate of drug-likeness (QED) is 0.525. The molecule has 0 bridgehead atoms. The molecule has 1 aromatic rings. The zero-order chi connectivity index (χ0) is 9.68. The third-order valence-electron chi connectivity index (χ3n) is 1.80. The van der Waals surface area contributed by atoms with E-state index < -0.39 is 0 Å². The molecule has 1 aromatic carbocycles. The van der Waals surface area contributed by atoms with E-state index in [1.165, 1.54) is 6.08 Å². The predicted octanol–water partition coefficient (Wildman–Crippen LogP) is 2.41. The zero-order valence-corrected chi connectivity index (χ0v) is 7.43. The summed E-state index contributed by atoms with van der Waals surface area (Å²) in [6, 6.07) is 9.41. The minimum absolute atomic E-state index is 0.242. The fourth-order valence-electron chi connectivity index (χ4n) is 1.08. The van der Waals surface area contributed by atoms with Crippen LogP contribution < -0.4 is 0 Å². The molecule has 0 amide bonds. The summed E-state index contributed by atoms with van der Waals surface area (Å²) in [5.74, 6) is 0. The van der Waals surface area contributed by atoms with Gasteiger partial charge < -0.3 is 0 Å².